The number of non-ortho nitro benzene ring substituents is 1. The monoisotopic (exact) mass is 367 g/mol. The first-order chi connectivity index (χ1) is 13.0. The molecule has 27 heavy (non-hydrogen) atoms. The second-order valence-corrected chi connectivity index (χ2v) is 5.55. The van der Waals surface area contributed by atoms with E-state index in [0.29, 0.717) is 17.1 Å². The summed E-state index contributed by atoms with van der Waals surface area (Å²) in [6.07, 6.45) is 0. The largest absolute Gasteiger partial charge is 0.497 e. The molecule has 0 fully saturated rings. The number of rotatable bonds is 6. The summed E-state index contributed by atoms with van der Waals surface area (Å²) in [5.74, 6) is 0.138. The van der Waals surface area contributed by atoms with Gasteiger partial charge in [0.2, 0.25) is 0 Å². The molecule has 3 rings (SSSR count). The molecule has 0 aliphatic heterocycles. The molecule has 1 heterocycles. The molecule has 0 bridgehead atoms. The molecule has 0 radical (unpaired) electrons. The van der Waals surface area contributed by atoms with Gasteiger partial charge in [-0.1, -0.05) is 6.07 Å². The highest BCUT2D eigenvalue weighted by Crippen LogP contribution is 2.25. The highest BCUT2D eigenvalue weighted by molar-refractivity contribution is 5.90. The number of hydrogen-bond donors (Lipinski definition) is 0. The molecule has 0 aliphatic rings. The first-order valence-corrected chi connectivity index (χ1v) is 8.20. The van der Waals surface area contributed by atoms with E-state index in [4.69, 9.17) is 9.47 Å². The third kappa shape index (κ3) is 3.79. The summed E-state index contributed by atoms with van der Waals surface area (Å²) in [6.45, 7) is 1.91. The minimum absolute atomic E-state index is 0.0937. The van der Waals surface area contributed by atoms with Gasteiger partial charge in [-0.05, 0) is 43.3 Å². The van der Waals surface area contributed by atoms with Gasteiger partial charge in [0.25, 0.3) is 5.69 Å². The summed E-state index contributed by atoms with van der Waals surface area (Å²) in [7, 11) is 1.57. The molecular formula is C19H17N3O5. The number of carbonyl (C=O) groups excluding carboxylic acids is 1. The Kier molecular flexibility index (Phi) is 5.16. The summed E-state index contributed by atoms with van der Waals surface area (Å²) >= 11 is 0. The Morgan fingerprint density at radius 1 is 1.19 bits per heavy atom. The van der Waals surface area contributed by atoms with E-state index in [1.54, 1.807) is 38.3 Å². The fourth-order valence-corrected chi connectivity index (χ4v) is 2.57. The molecule has 0 saturated carbocycles. The van der Waals surface area contributed by atoms with E-state index in [0.717, 1.165) is 5.56 Å². The maximum absolute atomic E-state index is 12.4. The van der Waals surface area contributed by atoms with Crippen molar-refractivity contribution < 1.29 is 19.2 Å². The molecule has 138 valence electrons. The van der Waals surface area contributed by atoms with Crippen LogP contribution in [0.3, 0.4) is 0 Å². The highest BCUT2D eigenvalue weighted by Gasteiger charge is 2.20. The Morgan fingerprint density at radius 3 is 2.56 bits per heavy atom. The van der Waals surface area contributed by atoms with E-state index in [1.807, 2.05) is 12.1 Å². The first kappa shape index (κ1) is 18.1. The lowest BCUT2D eigenvalue weighted by Gasteiger charge is -2.06. The van der Waals surface area contributed by atoms with Crippen LogP contribution in [0.1, 0.15) is 17.4 Å². The zero-order chi connectivity index (χ0) is 19.4. The van der Waals surface area contributed by atoms with Gasteiger partial charge in [-0.25, -0.2) is 9.48 Å². The average molecular weight is 367 g/mol. The van der Waals surface area contributed by atoms with Crippen LogP contribution in [0.4, 0.5) is 5.69 Å². The van der Waals surface area contributed by atoms with Crippen LogP contribution in [0.2, 0.25) is 0 Å². The third-order valence-corrected chi connectivity index (χ3v) is 3.86. The zero-order valence-electron chi connectivity index (χ0n) is 14.8. The molecule has 0 saturated heterocycles. The standard InChI is InChI=1S/C19H17N3O5/c1-3-27-19(23)18-12-17(13-7-9-16(26-2)10-8-13)20-21(18)14-5-4-6-15(11-14)22(24)25/h4-12H,3H2,1-2H3. The van der Waals surface area contributed by atoms with E-state index in [-0.39, 0.29) is 18.0 Å². The molecule has 8 nitrogen and oxygen atoms in total. The van der Waals surface area contributed by atoms with Gasteiger partial charge in [-0.3, -0.25) is 10.1 Å². The van der Waals surface area contributed by atoms with E-state index < -0.39 is 10.9 Å². The van der Waals surface area contributed by atoms with Gasteiger partial charge in [-0.15, -0.1) is 0 Å². The predicted molar refractivity (Wildman–Crippen MR) is 98.2 cm³/mol. The molecule has 0 amide bonds. The van der Waals surface area contributed by atoms with Crippen molar-refractivity contribution in [2.75, 3.05) is 13.7 Å². The van der Waals surface area contributed by atoms with Crippen LogP contribution in [0.25, 0.3) is 16.9 Å². The first-order valence-electron chi connectivity index (χ1n) is 8.20. The normalized spacial score (nSPS) is 10.4. The summed E-state index contributed by atoms with van der Waals surface area (Å²) in [4.78, 5) is 22.9. The van der Waals surface area contributed by atoms with Crippen LogP contribution in [0.5, 0.6) is 5.75 Å². The molecule has 1 aromatic heterocycles. The van der Waals surface area contributed by atoms with E-state index in [9.17, 15) is 14.9 Å². The van der Waals surface area contributed by atoms with Crippen LogP contribution < -0.4 is 4.74 Å². The van der Waals surface area contributed by atoms with Gasteiger partial charge in [0.1, 0.15) is 5.75 Å². The summed E-state index contributed by atoms with van der Waals surface area (Å²) < 4.78 is 11.6. The Labute approximate surface area is 155 Å². The lowest BCUT2D eigenvalue weighted by molar-refractivity contribution is -0.384. The predicted octanol–water partition coefficient (Wildman–Crippen LogP) is 3.63. The summed E-state index contributed by atoms with van der Waals surface area (Å²) in [5, 5.41) is 15.5. The second-order valence-electron chi connectivity index (χ2n) is 5.55. The number of esters is 1. The van der Waals surface area contributed by atoms with Gasteiger partial charge >= 0.3 is 5.97 Å². The van der Waals surface area contributed by atoms with Crippen LogP contribution >= 0.6 is 0 Å². The van der Waals surface area contributed by atoms with Gasteiger partial charge in [0.15, 0.2) is 5.69 Å². The van der Waals surface area contributed by atoms with Gasteiger partial charge < -0.3 is 9.47 Å². The molecule has 0 spiro atoms. The minimum atomic E-state index is -0.559. The Bertz CT molecular complexity index is 979. The molecule has 0 N–H and O–H groups in total. The van der Waals surface area contributed by atoms with Crippen molar-refractivity contribution in [3.63, 3.8) is 0 Å². The van der Waals surface area contributed by atoms with Crippen LogP contribution in [-0.4, -0.2) is 34.4 Å². The molecule has 0 unspecified atom stereocenters. The zero-order valence-corrected chi connectivity index (χ0v) is 14.8. The molecule has 0 aliphatic carbocycles. The fourth-order valence-electron chi connectivity index (χ4n) is 2.57. The lowest BCUT2D eigenvalue weighted by atomic mass is 10.1. The average Bonchev–Trinajstić information content (AvgIpc) is 3.14. The number of hydrogen-bond acceptors (Lipinski definition) is 6. The number of benzene rings is 2. The van der Waals surface area contributed by atoms with Crippen molar-refractivity contribution >= 4 is 11.7 Å². The fraction of sp³-hybridized carbons (Fsp3) is 0.158. The highest BCUT2D eigenvalue weighted by atomic mass is 16.6. The van der Waals surface area contributed by atoms with Crippen molar-refractivity contribution in [1.29, 1.82) is 0 Å². The summed E-state index contributed by atoms with van der Waals surface area (Å²) in [6, 6.07) is 14.7. The van der Waals surface area contributed by atoms with Crippen LogP contribution in [0.15, 0.2) is 54.6 Å². The van der Waals surface area contributed by atoms with Crippen molar-refractivity contribution in [3.8, 4) is 22.7 Å². The number of nitrogens with zero attached hydrogens (tertiary/aromatic N) is 3. The van der Waals surface area contributed by atoms with E-state index in [2.05, 4.69) is 5.10 Å². The van der Waals surface area contributed by atoms with Crippen molar-refractivity contribution in [1.82, 2.24) is 9.78 Å². The summed E-state index contributed by atoms with van der Waals surface area (Å²) in [5.41, 5.74) is 1.79. The Hall–Kier alpha value is -3.68. The van der Waals surface area contributed by atoms with Crippen molar-refractivity contribution in [2.45, 2.75) is 6.92 Å². The molecule has 8 heteroatoms. The smallest absolute Gasteiger partial charge is 0.357 e. The van der Waals surface area contributed by atoms with Gasteiger partial charge in [0, 0.05) is 17.7 Å². The quantitative estimate of drug-likeness (QED) is 0.375. The van der Waals surface area contributed by atoms with Gasteiger partial charge in [-0.2, -0.15) is 5.10 Å². The lowest BCUT2D eigenvalue weighted by Crippen LogP contribution is -2.12. The van der Waals surface area contributed by atoms with Crippen LogP contribution in [-0.2, 0) is 4.74 Å². The maximum atomic E-state index is 12.4. The molecule has 0 atom stereocenters. The number of nitro groups is 1. The van der Waals surface area contributed by atoms with E-state index in [1.165, 1.54) is 22.9 Å². The molecular weight excluding hydrogens is 350 g/mol. The molecule has 2 aromatic carbocycles. The maximum Gasteiger partial charge on any atom is 0.357 e. The van der Waals surface area contributed by atoms with Crippen LogP contribution in [0, 0.1) is 10.1 Å². The number of carbonyl (C=O) groups is 1. The topological polar surface area (TPSA) is 96.5 Å². The SMILES string of the molecule is CCOC(=O)c1cc(-c2ccc(OC)cc2)nn1-c1cccc([N+](=O)[O-])c1. The van der Waals surface area contributed by atoms with Crippen molar-refractivity contribution in [2.24, 2.45) is 0 Å². The van der Waals surface area contributed by atoms with Crippen molar-refractivity contribution in [3.05, 3.63) is 70.4 Å². The molecule has 3 aromatic rings. The second kappa shape index (κ2) is 7.69. The van der Waals surface area contributed by atoms with Gasteiger partial charge in [0.05, 0.1) is 30.0 Å². The number of ether oxygens (including phenoxy) is 2. The Balaban J connectivity index is 2.10. The Morgan fingerprint density at radius 2 is 1.93 bits per heavy atom. The number of nitro benzene ring substituents is 1. The third-order valence-electron chi connectivity index (χ3n) is 3.86. The van der Waals surface area contributed by atoms with E-state index >= 15 is 0 Å². The minimum Gasteiger partial charge on any atom is -0.497 e. The number of aromatic nitrogens is 2. The number of methoxy groups -OCH3 is 1.